The van der Waals surface area contributed by atoms with Gasteiger partial charge >= 0.3 is 18.2 Å². The number of ether oxygens (including phenoxy) is 3. The van der Waals surface area contributed by atoms with Crippen LogP contribution in [0.5, 0.6) is 17.5 Å². The Hall–Kier alpha value is -4.00. The van der Waals surface area contributed by atoms with E-state index in [1.807, 2.05) is 24.3 Å². The fraction of sp³-hybridized carbons (Fsp3) is 0.423. The predicted octanol–water partition coefficient (Wildman–Crippen LogP) is 4.28. The Bertz CT molecular complexity index is 1260. The van der Waals surface area contributed by atoms with Crippen molar-refractivity contribution in [2.24, 2.45) is 0 Å². The molecule has 0 bridgehead atoms. The van der Waals surface area contributed by atoms with Crippen molar-refractivity contribution in [1.82, 2.24) is 14.5 Å². The summed E-state index contributed by atoms with van der Waals surface area (Å²) < 4.78 is 54.1. The molecule has 5 rings (SSSR count). The molecule has 13 heteroatoms. The zero-order valence-electron chi connectivity index (χ0n) is 21.0. The maximum atomic E-state index is 12.3. The summed E-state index contributed by atoms with van der Waals surface area (Å²) >= 11 is 0. The molecule has 0 aliphatic carbocycles. The van der Waals surface area contributed by atoms with Gasteiger partial charge in [0.25, 0.3) is 0 Å². The third-order valence-corrected chi connectivity index (χ3v) is 6.76. The monoisotopic (exact) mass is 547 g/mol. The Morgan fingerprint density at radius 2 is 1.69 bits per heavy atom. The number of rotatable bonds is 9. The third-order valence-electron chi connectivity index (χ3n) is 6.76. The van der Waals surface area contributed by atoms with Crippen LogP contribution in [-0.4, -0.2) is 71.2 Å². The second-order valence-corrected chi connectivity index (χ2v) is 9.44. The first-order valence-corrected chi connectivity index (χ1v) is 12.6. The Labute approximate surface area is 222 Å². The smallest absolute Gasteiger partial charge is 0.490 e. The summed E-state index contributed by atoms with van der Waals surface area (Å²) in [7, 11) is 0. The molecule has 0 spiro atoms. The van der Waals surface area contributed by atoms with E-state index in [-0.39, 0.29) is 23.7 Å². The summed E-state index contributed by atoms with van der Waals surface area (Å²) in [5.74, 6) is 0.281. The average Bonchev–Trinajstić information content (AvgIpc) is 3.35. The molecular weight excluding hydrogens is 519 g/mol. The van der Waals surface area contributed by atoms with Gasteiger partial charge in [0.15, 0.2) is 0 Å². The molecule has 39 heavy (non-hydrogen) atoms. The normalized spacial score (nSPS) is 17.8. The van der Waals surface area contributed by atoms with Gasteiger partial charge in [0.1, 0.15) is 30.4 Å². The maximum absolute atomic E-state index is 12.3. The van der Waals surface area contributed by atoms with E-state index in [1.54, 1.807) is 16.7 Å². The standard InChI is InChI=1S/C26H28F3N5O5/c27-26(28,29)39-22-5-1-19(2-6-22)9-11-31-13-15-32(16-14-31)20-3-7-21(8-4-20)37-18-23-10-12-33-17-24(34(35)36)30-25(33)38-23/h1-8,17,23H,9-16,18H2. The molecule has 1 fully saturated rings. The Morgan fingerprint density at radius 1 is 1.00 bits per heavy atom. The maximum Gasteiger partial charge on any atom is 0.573 e. The number of imidazole rings is 1. The van der Waals surface area contributed by atoms with Crippen LogP contribution in [0.2, 0.25) is 0 Å². The fourth-order valence-electron chi connectivity index (χ4n) is 4.65. The molecule has 1 saturated heterocycles. The van der Waals surface area contributed by atoms with Crippen molar-refractivity contribution >= 4 is 11.5 Å². The number of nitrogens with zero attached hydrogens (tertiary/aromatic N) is 5. The molecule has 208 valence electrons. The molecule has 2 aromatic carbocycles. The number of benzene rings is 2. The lowest BCUT2D eigenvalue weighted by Crippen LogP contribution is -2.47. The van der Waals surface area contributed by atoms with Crippen molar-refractivity contribution in [3.8, 4) is 17.5 Å². The zero-order chi connectivity index (χ0) is 27.4. The minimum atomic E-state index is -4.68. The summed E-state index contributed by atoms with van der Waals surface area (Å²) in [5.41, 5.74) is 2.07. The second-order valence-electron chi connectivity index (χ2n) is 9.44. The van der Waals surface area contributed by atoms with Crippen molar-refractivity contribution in [2.45, 2.75) is 31.9 Å². The highest BCUT2D eigenvalue weighted by Crippen LogP contribution is 2.26. The predicted molar refractivity (Wildman–Crippen MR) is 135 cm³/mol. The number of aromatic nitrogens is 2. The van der Waals surface area contributed by atoms with Gasteiger partial charge in [-0.05, 0) is 53.3 Å². The number of piperazine rings is 1. The Morgan fingerprint density at radius 3 is 2.36 bits per heavy atom. The molecule has 10 nitrogen and oxygen atoms in total. The van der Waals surface area contributed by atoms with Crippen LogP contribution in [0.3, 0.4) is 0 Å². The van der Waals surface area contributed by atoms with Crippen LogP contribution >= 0.6 is 0 Å². The Kier molecular flexibility index (Phi) is 7.77. The molecule has 0 saturated carbocycles. The lowest BCUT2D eigenvalue weighted by molar-refractivity contribution is -0.389. The lowest BCUT2D eigenvalue weighted by atomic mass is 10.1. The van der Waals surface area contributed by atoms with E-state index >= 15 is 0 Å². The quantitative estimate of drug-likeness (QED) is 0.289. The number of alkyl halides is 3. The van der Waals surface area contributed by atoms with Crippen LogP contribution in [0.1, 0.15) is 12.0 Å². The Balaban J connectivity index is 1.03. The van der Waals surface area contributed by atoms with E-state index in [1.165, 1.54) is 18.3 Å². The number of anilines is 1. The SMILES string of the molecule is O=[N+]([O-])c1cn2c(n1)OC(COc1ccc(N3CCN(CCc4ccc(OC(F)(F)F)cc4)CC3)cc1)CC2. The molecule has 0 amide bonds. The first kappa shape index (κ1) is 26.6. The minimum absolute atomic E-state index is 0.209. The van der Waals surface area contributed by atoms with Gasteiger partial charge < -0.3 is 29.2 Å². The van der Waals surface area contributed by atoms with Crippen molar-refractivity contribution < 1.29 is 32.3 Å². The summed E-state index contributed by atoms with van der Waals surface area (Å²) in [6.07, 6.45) is -2.12. The van der Waals surface area contributed by atoms with E-state index in [0.29, 0.717) is 25.3 Å². The molecule has 0 N–H and O–H groups in total. The van der Waals surface area contributed by atoms with Gasteiger partial charge in [-0.25, -0.2) is 0 Å². The van der Waals surface area contributed by atoms with Crippen molar-refractivity contribution in [3.05, 3.63) is 70.4 Å². The van der Waals surface area contributed by atoms with Crippen LogP contribution in [0, 0.1) is 10.1 Å². The van der Waals surface area contributed by atoms with Gasteiger partial charge in [0, 0.05) is 56.4 Å². The van der Waals surface area contributed by atoms with Gasteiger partial charge in [-0.3, -0.25) is 9.47 Å². The number of hydrogen-bond acceptors (Lipinski definition) is 8. The van der Waals surface area contributed by atoms with Crippen LogP contribution in [0.25, 0.3) is 0 Å². The van der Waals surface area contributed by atoms with Gasteiger partial charge in [-0.2, -0.15) is 0 Å². The van der Waals surface area contributed by atoms with E-state index in [4.69, 9.17) is 9.47 Å². The second kappa shape index (κ2) is 11.4. The first-order chi connectivity index (χ1) is 18.7. The van der Waals surface area contributed by atoms with E-state index in [0.717, 1.165) is 50.4 Å². The van der Waals surface area contributed by atoms with Crippen LogP contribution in [0.4, 0.5) is 24.7 Å². The van der Waals surface area contributed by atoms with E-state index in [2.05, 4.69) is 19.5 Å². The van der Waals surface area contributed by atoms with E-state index < -0.39 is 11.3 Å². The summed E-state index contributed by atoms with van der Waals surface area (Å²) in [6, 6.07) is 14.2. The summed E-state index contributed by atoms with van der Waals surface area (Å²) in [6.45, 7) is 5.24. The molecule has 0 radical (unpaired) electrons. The molecule has 1 atom stereocenters. The van der Waals surface area contributed by atoms with Crippen molar-refractivity contribution in [2.75, 3.05) is 44.2 Å². The topological polar surface area (TPSA) is 95.1 Å². The molecule has 2 aliphatic rings. The summed E-state index contributed by atoms with van der Waals surface area (Å²) in [4.78, 5) is 18.9. The van der Waals surface area contributed by atoms with E-state index in [9.17, 15) is 23.3 Å². The largest absolute Gasteiger partial charge is 0.573 e. The molecule has 1 unspecified atom stereocenters. The molecule has 3 aromatic rings. The van der Waals surface area contributed by atoms with Crippen molar-refractivity contribution in [3.63, 3.8) is 0 Å². The zero-order valence-corrected chi connectivity index (χ0v) is 21.0. The molecule has 2 aliphatic heterocycles. The van der Waals surface area contributed by atoms with Gasteiger partial charge in [-0.15, -0.1) is 13.2 Å². The fourth-order valence-corrected chi connectivity index (χ4v) is 4.65. The van der Waals surface area contributed by atoms with Crippen LogP contribution < -0.4 is 19.1 Å². The third kappa shape index (κ3) is 7.11. The average molecular weight is 548 g/mol. The lowest BCUT2D eigenvalue weighted by Gasteiger charge is -2.36. The van der Waals surface area contributed by atoms with Crippen LogP contribution in [-0.2, 0) is 13.0 Å². The highest BCUT2D eigenvalue weighted by molar-refractivity contribution is 5.49. The number of nitro groups is 1. The minimum Gasteiger partial charge on any atom is -0.490 e. The van der Waals surface area contributed by atoms with Gasteiger partial charge in [0.05, 0.1) is 0 Å². The molecule has 1 aromatic heterocycles. The van der Waals surface area contributed by atoms with Gasteiger partial charge in [-0.1, -0.05) is 12.1 Å². The number of halogens is 3. The molecule has 3 heterocycles. The van der Waals surface area contributed by atoms with Crippen molar-refractivity contribution in [1.29, 1.82) is 0 Å². The highest BCUT2D eigenvalue weighted by atomic mass is 19.4. The highest BCUT2D eigenvalue weighted by Gasteiger charge is 2.31. The first-order valence-electron chi connectivity index (χ1n) is 12.6. The summed E-state index contributed by atoms with van der Waals surface area (Å²) in [5, 5.41) is 10.9. The number of hydrogen-bond donors (Lipinski definition) is 0. The van der Waals surface area contributed by atoms with Gasteiger partial charge in [0.2, 0.25) is 0 Å². The number of fused-ring (bicyclic) bond motifs is 1. The van der Waals surface area contributed by atoms with Crippen LogP contribution in [0.15, 0.2) is 54.7 Å². The molecular formula is C26H28F3N5O5. The number of aryl methyl sites for hydroxylation is 1.